The molecular weight excluding hydrogens is 676 g/mol. The van der Waals surface area contributed by atoms with Crippen LogP contribution < -0.4 is 10.9 Å². The number of phenolic OH excluding ortho intramolecular Hbond substituents is 1. The van der Waals surface area contributed by atoms with E-state index in [-0.39, 0.29) is 52.9 Å². The molecule has 0 spiro atoms. The Morgan fingerprint density at radius 1 is 0.943 bits per heavy atom. The molecule has 5 aromatic rings. The average Bonchev–Trinajstić information content (AvgIpc) is 3.18. The summed E-state index contributed by atoms with van der Waals surface area (Å²) in [5.41, 5.74) is 1.72. The molecule has 12 nitrogen and oxygen atoms in total. The molecule has 4 aromatic carbocycles. The van der Waals surface area contributed by atoms with Gasteiger partial charge in [0.1, 0.15) is 5.75 Å². The Hall–Kier alpha value is -6.08. The number of aliphatic hydroxyl groups excluding tert-OH is 1. The van der Waals surface area contributed by atoms with Gasteiger partial charge in [-0.25, -0.2) is 4.79 Å². The zero-order chi connectivity index (χ0) is 37.7. The van der Waals surface area contributed by atoms with E-state index in [0.29, 0.717) is 42.6 Å². The fraction of sp³-hybridized carbons (Fsp3) is 0.220. The van der Waals surface area contributed by atoms with Crippen molar-refractivity contribution in [2.75, 3.05) is 33.2 Å². The van der Waals surface area contributed by atoms with Gasteiger partial charge < -0.3 is 40.5 Å². The monoisotopic (exact) mass is 716 g/mol. The van der Waals surface area contributed by atoms with Gasteiger partial charge in [0.05, 0.1) is 18.2 Å². The number of phenols is 1. The van der Waals surface area contributed by atoms with Crippen LogP contribution in [0.1, 0.15) is 50.7 Å². The number of amides is 2. The molecule has 0 radical (unpaired) electrons. The molecule has 0 saturated carbocycles. The number of likely N-dealkylation sites (N-methyl/N-ethyl adjacent to an activating group) is 1. The van der Waals surface area contributed by atoms with Crippen LogP contribution in [0.25, 0.3) is 16.5 Å². The van der Waals surface area contributed by atoms with Gasteiger partial charge in [-0.15, -0.1) is 0 Å². The predicted molar refractivity (Wildman–Crippen MR) is 199 cm³/mol. The van der Waals surface area contributed by atoms with E-state index in [1.165, 1.54) is 17.0 Å². The van der Waals surface area contributed by atoms with E-state index in [4.69, 9.17) is 0 Å². The second kappa shape index (κ2) is 15.7. The number of hydrogen-bond donors (Lipinski definition) is 6. The van der Waals surface area contributed by atoms with Gasteiger partial charge in [-0.1, -0.05) is 72.8 Å². The molecule has 1 aromatic heterocycles. The summed E-state index contributed by atoms with van der Waals surface area (Å²) in [6.45, 7) is 1.24. The van der Waals surface area contributed by atoms with Crippen molar-refractivity contribution in [1.82, 2.24) is 20.1 Å². The molecule has 1 aliphatic rings. The molecule has 53 heavy (non-hydrogen) atoms. The number of rotatable bonds is 12. The van der Waals surface area contributed by atoms with E-state index in [0.717, 1.165) is 16.7 Å². The summed E-state index contributed by atoms with van der Waals surface area (Å²) in [6.07, 6.45) is 1.52. The number of hydrogen-bond acceptors (Lipinski definition) is 8. The van der Waals surface area contributed by atoms with E-state index in [1.54, 1.807) is 96.9 Å². The molecule has 1 aliphatic heterocycles. The lowest BCUT2D eigenvalue weighted by atomic mass is 9.84. The maximum atomic E-state index is 13.2. The number of aromatic nitrogens is 1. The van der Waals surface area contributed by atoms with E-state index in [2.05, 4.69) is 10.3 Å². The van der Waals surface area contributed by atoms with Gasteiger partial charge in [0, 0.05) is 55.8 Å². The van der Waals surface area contributed by atoms with Crippen LogP contribution in [0.2, 0.25) is 0 Å². The standard InChI is InChI=1S/C41H40N4O8/c1-44(39(50)28-12-10-26(11-13-28)23-42-24-35(47)32-14-16-34(46)38-33(32)15-17-36(48)43-38)25-37(49)45-20-18-27(19-21-45)29-6-5-9-31(22-29)41(53,40(51)52)30-7-3-2-4-8-30/h2-18,22,35,42,46-47,53H,19-21,23-25H2,1H3,(H,43,48)(H,51,52)/t35-,41-/m0/s1. The Balaban J connectivity index is 1.01. The summed E-state index contributed by atoms with van der Waals surface area (Å²) in [6, 6.07) is 28.0. The topological polar surface area (TPSA) is 183 Å². The van der Waals surface area contributed by atoms with Crippen LogP contribution in [0, 0.1) is 0 Å². The van der Waals surface area contributed by atoms with Crippen molar-refractivity contribution in [2.24, 2.45) is 0 Å². The Kier molecular flexibility index (Phi) is 10.8. The number of nitrogens with one attached hydrogen (secondary N) is 2. The molecule has 272 valence electrons. The molecule has 0 saturated heterocycles. The van der Waals surface area contributed by atoms with Gasteiger partial charge in [-0.05, 0) is 64.6 Å². The smallest absolute Gasteiger partial charge is 0.345 e. The number of aromatic hydroxyl groups is 1. The number of carbonyl (C=O) groups excluding carboxylic acids is 2. The number of benzene rings is 4. The van der Waals surface area contributed by atoms with Gasteiger partial charge in [-0.3, -0.25) is 14.4 Å². The molecule has 2 atom stereocenters. The van der Waals surface area contributed by atoms with Crippen LogP contribution in [-0.2, 0) is 21.7 Å². The number of fused-ring (bicyclic) bond motifs is 1. The number of pyridine rings is 1. The molecule has 0 bridgehead atoms. The highest BCUT2D eigenvalue weighted by Crippen LogP contribution is 2.33. The number of H-pyrrole nitrogens is 1. The molecule has 0 fully saturated rings. The summed E-state index contributed by atoms with van der Waals surface area (Å²) < 4.78 is 0. The lowest BCUT2D eigenvalue weighted by molar-refractivity contribution is -0.155. The second-order valence-electron chi connectivity index (χ2n) is 13.1. The van der Waals surface area contributed by atoms with Crippen molar-refractivity contribution in [1.29, 1.82) is 0 Å². The third-order valence-corrected chi connectivity index (χ3v) is 9.57. The van der Waals surface area contributed by atoms with Crippen molar-refractivity contribution < 1.29 is 34.8 Å². The summed E-state index contributed by atoms with van der Waals surface area (Å²) in [5.74, 6) is -1.97. The van der Waals surface area contributed by atoms with Crippen LogP contribution >= 0.6 is 0 Å². The van der Waals surface area contributed by atoms with Crippen molar-refractivity contribution in [3.8, 4) is 5.75 Å². The Morgan fingerprint density at radius 2 is 1.68 bits per heavy atom. The van der Waals surface area contributed by atoms with E-state index in [1.807, 2.05) is 12.1 Å². The first kappa shape index (κ1) is 36.7. The van der Waals surface area contributed by atoms with Crippen molar-refractivity contribution in [3.63, 3.8) is 0 Å². The van der Waals surface area contributed by atoms with Crippen LogP contribution in [0.15, 0.2) is 114 Å². The zero-order valence-electron chi connectivity index (χ0n) is 29.0. The maximum Gasteiger partial charge on any atom is 0.345 e. The number of carboxylic acid groups (broad SMARTS) is 1. The van der Waals surface area contributed by atoms with Gasteiger partial charge in [-0.2, -0.15) is 0 Å². The largest absolute Gasteiger partial charge is 0.506 e. The first-order chi connectivity index (χ1) is 25.4. The Morgan fingerprint density at radius 3 is 2.38 bits per heavy atom. The summed E-state index contributed by atoms with van der Waals surface area (Å²) >= 11 is 0. The first-order valence-electron chi connectivity index (χ1n) is 17.1. The van der Waals surface area contributed by atoms with Gasteiger partial charge in [0.25, 0.3) is 5.91 Å². The molecule has 6 N–H and O–H groups in total. The van der Waals surface area contributed by atoms with E-state index >= 15 is 0 Å². The van der Waals surface area contributed by atoms with Gasteiger partial charge >= 0.3 is 5.97 Å². The normalized spacial score (nSPS) is 14.6. The fourth-order valence-corrected chi connectivity index (χ4v) is 6.57. The van der Waals surface area contributed by atoms with Crippen LogP contribution in [-0.4, -0.2) is 86.2 Å². The molecule has 12 heteroatoms. The van der Waals surface area contributed by atoms with E-state index in [9.17, 15) is 39.6 Å². The molecule has 2 amide bonds. The molecule has 0 aliphatic carbocycles. The Bertz CT molecular complexity index is 2240. The van der Waals surface area contributed by atoms with Crippen molar-refractivity contribution in [3.05, 3.63) is 153 Å². The minimum atomic E-state index is -2.22. The summed E-state index contributed by atoms with van der Waals surface area (Å²) in [7, 11) is 1.58. The van der Waals surface area contributed by atoms with Crippen LogP contribution in [0.3, 0.4) is 0 Å². The Labute approximate surface area is 305 Å². The molecule has 0 unspecified atom stereocenters. The third-order valence-electron chi connectivity index (χ3n) is 9.57. The SMILES string of the molecule is CN(CC(=O)N1CC=C(c2cccc([C@](O)(C(=O)O)c3ccccc3)c2)CC1)C(=O)c1ccc(CNC[C@H](O)c2ccc(O)c3[nH]c(=O)ccc23)cc1. The van der Waals surface area contributed by atoms with Gasteiger partial charge in [0.2, 0.25) is 17.1 Å². The number of aliphatic carboxylic acids is 1. The minimum absolute atomic E-state index is 0.0802. The summed E-state index contributed by atoms with van der Waals surface area (Å²) in [4.78, 5) is 55.9. The average molecular weight is 717 g/mol. The molecular formula is C41H40N4O8. The number of carboxylic acids is 1. The second-order valence-corrected chi connectivity index (χ2v) is 13.1. The van der Waals surface area contributed by atoms with Crippen molar-refractivity contribution >= 4 is 34.3 Å². The molecule has 2 heterocycles. The fourth-order valence-electron chi connectivity index (χ4n) is 6.57. The minimum Gasteiger partial charge on any atom is -0.506 e. The number of aliphatic hydroxyl groups is 2. The highest BCUT2D eigenvalue weighted by molar-refractivity contribution is 5.96. The van der Waals surface area contributed by atoms with Gasteiger partial charge in [0.15, 0.2) is 0 Å². The maximum absolute atomic E-state index is 13.2. The number of aromatic amines is 1. The highest BCUT2D eigenvalue weighted by atomic mass is 16.4. The van der Waals surface area contributed by atoms with Crippen LogP contribution in [0.4, 0.5) is 0 Å². The van der Waals surface area contributed by atoms with Crippen molar-refractivity contribution in [2.45, 2.75) is 24.7 Å². The third kappa shape index (κ3) is 7.90. The lowest BCUT2D eigenvalue weighted by Crippen LogP contribution is -2.42. The predicted octanol–water partition coefficient (Wildman–Crippen LogP) is 3.77. The zero-order valence-corrected chi connectivity index (χ0v) is 29.0. The quantitative estimate of drug-likeness (QED) is 0.112. The lowest BCUT2D eigenvalue weighted by Gasteiger charge is -2.29. The summed E-state index contributed by atoms with van der Waals surface area (Å²) in [5, 5.41) is 45.9. The van der Waals surface area contributed by atoms with Crippen LogP contribution in [0.5, 0.6) is 5.75 Å². The highest BCUT2D eigenvalue weighted by Gasteiger charge is 2.40. The number of carbonyl (C=O) groups is 3. The molecule has 6 rings (SSSR count). The van der Waals surface area contributed by atoms with E-state index < -0.39 is 17.7 Å². The first-order valence-corrected chi connectivity index (χ1v) is 17.1. The number of nitrogens with zero attached hydrogens (tertiary/aromatic N) is 2.